The number of ketones is 2. The van der Waals surface area contributed by atoms with Crippen molar-refractivity contribution in [1.82, 2.24) is 0 Å². The van der Waals surface area contributed by atoms with E-state index in [1.54, 1.807) is 49.4 Å². The lowest BCUT2D eigenvalue weighted by Gasteiger charge is -2.08. The van der Waals surface area contributed by atoms with Gasteiger partial charge < -0.3 is 4.74 Å². The van der Waals surface area contributed by atoms with Gasteiger partial charge in [0, 0.05) is 17.2 Å². The van der Waals surface area contributed by atoms with Crippen molar-refractivity contribution in [2.75, 3.05) is 6.61 Å². The highest BCUT2D eigenvalue weighted by Crippen LogP contribution is 2.20. The van der Waals surface area contributed by atoms with E-state index in [1.165, 1.54) is 0 Å². The molecule has 3 rings (SSSR count). The van der Waals surface area contributed by atoms with E-state index < -0.39 is 17.5 Å². The third-order valence-electron chi connectivity index (χ3n) is 4.11. The summed E-state index contributed by atoms with van der Waals surface area (Å²) in [5.74, 6) is -1.76. The van der Waals surface area contributed by atoms with Gasteiger partial charge in [0.25, 0.3) is 0 Å². The van der Waals surface area contributed by atoms with Crippen LogP contribution in [0.15, 0.2) is 84.4 Å². The molecule has 0 N–H and O–H groups in total. The first-order chi connectivity index (χ1) is 13.1. The minimum absolute atomic E-state index is 0.112. The van der Waals surface area contributed by atoms with Crippen LogP contribution in [0.4, 0.5) is 0 Å². The molecule has 27 heavy (non-hydrogen) atoms. The summed E-state index contributed by atoms with van der Waals surface area (Å²) >= 11 is 0. The topological polar surface area (TPSA) is 60.4 Å². The Morgan fingerprint density at radius 1 is 0.852 bits per heavy atom. The van der Waals surface area contributed by atoms with Gasteiger partial charge in [-0.3, -0.25) is 9.59 Å². The first-order valence-electron chi connectivity index (χ1n) is 8.62. The molecule has 0 radical (unpaired) electrons. The third kappa shape index (κ3) is 4.01. The molecule has 0 aromatic heterocycles. The monoisotopic (exact) mass is 358 g/mol. The lowest BCUT2D eigenvalue weighted by atomic mass is 9.97. The molecule has 4 heteroatoms. The molecule has 0 unspecified atom stereocenters. The summed E-state index contributed by atoms with van der Waals surface area (Å²) in [5.41, 5.74) is 0.472. The SMILES string of the molecule is CCOC(=O)/C(=C/C(=O)c1cccc2ccccc12)C(=O)c1ccccc1. The van der Waals surface area contributed by atoms with Crippen LogP contribution in [0.3, 0.4) is 0 Å². The first kappa shape index (κ1) is 18.3. The average molecular weight is 358 g/mol. The van der Waals surface area contributed by atoms with Crippen LogP contribution in [-0.4, -0.2) is 24.1 Å². The van der Waals surface area contributed by atoms with Gasteiger partial charge in [0.1, 0.15) is 5.57 Å². The molecule has 0 aliphatic carbocycles. The number of ether oxygens (including phenoxy) is 1. The molecular formula is C23H18O4. The molecule has 3 aromatic carbocycles. The fourth-order valence-corrected chi connectivity index (χ4v) is 2.82. The molecule has 4 nitrogen and oxygen atoms in total. The molecule has 0 heterocycles. The van der Waals surface area contributed by atoms with Gasteiger partial charge in [0.05, 0.1) is 6.61 Å². The summed E-state index contributed by atoms with van der Waals surface area (Å²) in [6.07, 6.45) is 1.08. The van der Waals surface area contributed by atoms with Gasteiger partial charge in [-0.1, -0.05) is 72.8 Å². The van der Waals surface area contributed by atoms with Crippen LogP contribution in [0.2, 0.25) is 0 Å². The predicted molar refractivity (Wildman–Crippen MR) is 104 cm³/mol. The molecule has 0 amide bonds. The number of carbonyl (C=O) groups is 3. The van der Waals surface area contributed by atoms with E-state index >= 15 is 0 Å². The standard InChI is InChI=1S/C23H18O4/c1-2-27-23(26)20(22(25)17-10-4-3-5-11-17)15-21(24)19-14-8-12-16-9-6-7-13-18(16)19/h3-15H,2H2,1H3/b20-15+. The third-order valence-corrected chi connectivity index (χ3v) is 4.11. The van der Waals surface area contributed by atoms with Gasteiger partial charge in [-0.05, 0) is 17.7 Å². The molecule has 0 bridgehead atoms. The summed E-state index contributed by atoms with van der Waals surface area (Å²) < 4.78 is 4.99. The van der Waals surface area contributed by atoms with Crippen LogP contribution in [0.5, 0.6) is 0 Å². The van der Waals surface area contributed by atoms with Crippen LogP contribution in [0.1, 0.15) is 27.6 Å². The Hall–Kier alpha value is -3.53. The van der Waals surface area contributed by atoms with Crippen molar-refractivity contribution in [2.24, 2.45) is 0 Å². The minimum atomic E-state index is -0.806. The summed E-state index contributed by atoms with van der Waals surface area (Å²) in [5, 5.41) is 1.67. The molecule has 3 aromatic rings. The number of benzene rings is 3. The maximum absolute atomic E-state index is 12.9. The van der Waals surface area contributed by atoms with Crippen molar-refractivity contribution in [3.8, 4) is 0 Å². The van der Waals surface area contributed by atoms with Gasteiger partial charge in [0.15, 0.2) is 11.6 Å². The minimum Gasteiger partial charge on any atom is -0.462 e. The zero-order valence-electron chi connectivity index (χ0n) is 14.8. The number of hydrogen-bond acceptors (Lipinski definition) is 4. The van der Waals surface area contributed by atoms with Crippen LogP contribution in [0.25, 0.3) is 10.8 Å². The number of hydrogen-bond donors (Lipinski definition) is 0. The molecular weight excluding hydrogens is 340 g/mol. The maximum Gasteiger partial charge on any atom is 0.342 e. The molecule has 0 spiro atoms. The van der Waals surface area contributed by atoms with E-state index in [2.05, 4.69) is 0 Å². The zero-order chi connectivity index (χ0) is 19.2. The zero-order valence-corrected chi connectivity index (χ0v) is 14.8. The molecule has 134 valence electrons. The Balaban J connectivity index is 2.05. The highest BCUT2D eigenvalue weighted by molar-refractivity contribution is 6.28. The highest BCUT2D eigenvalue weighted by atomic mass is 16.5. The Kier molecular flexibility index (Phi) is 5.57. The van der Waals surface area contributed by atoms with E-state index in [-0.39, 0.29) is 12.2 Å². The lowest BCUT2D eigenvalue weighted by Crippen LogP contribution is -2.18. The molecule has 0 aliphatic heterocycles. The summed E-state index contributed by atoms with van der Waals surface area (Å²) in [6, 6.07) is 21.2. The number of Topliss-reactive ketones (excluding diaryl/α,β-unsaturated/α-hetero) is 1. The van der Waals surface area contributed by atoms with Gasteiger partial charge in [-0.2, -0.15) is 0 Å². The summed E-state index contributed by atoms with van der Waals surface area (Å²) in [4.78, 5) is 38.0. The van der Waals surface area contributed by atoms with Gasteiger partial charge in [0.2, 0.25) is 0 Å². The molecule has 0 atom stereocenters. The van der Waals surface area contributed by atoms with Crippen LogP contribution >= 0.6 is 0 Å². The Morgan fingerprint density at radius 2 is 1.52 bits per heavy atom. The lowest BCUT2D eigenvalue weighted by molar-refractivity contribution is -0.138. The second-order valence-electron chi connectivity index (χ2n) is 5.86. The second kappa shape index (κ2) is 8.23. The Morgan fingerprint density at radius 3 is 2.26 bits per heavy atom. The van der Waals surface area contributed by atoms with Crippen molar-refractivity contribution in [2.45, 2.75) is 6.92 Å². The van der Waals surface area contributed by atoms with Crippen molar-refractivity contribution in [1.29, 1.82) is 0 Å². The van der Waals surface area contributed by atoms with E-state index in [4.69, 9.17) is 4.74 Å². The molecule has 0 aliphatic rings. The number of rotatable bonds is 6. The smallest absolute Gasteiger partial charge is 0.342 e. The average Bonchev–Trinajstić information content (AvgIpc) is 2.71. The fraction of sp³-hybridized carbons (Fsp3) is 0.0870. The number of allylic oxidation sites excluding steroid dienone is 1. The van der Waals surface area contributed by atoms with Crippen LogP contribution in [-0.2, 0) is 9.53 Å². The number of fused-ring (bicyclic) bond motifs is 1. The van der Waals surface area contributed by atoms with E-state index in [0.29, 0.717) is 11.1 Å². The first-order valence-corrected chi connectivity index (χ1v) is 8.62. The molecule has 0 fully saturated rings. The Labute approximate surface area is 157 Å². The van der Waals surface area contributed by atoms with Crippen molar-refractivity contribution in [3.05, 3.63) is 95.6 Å². The molecule has 0 saturated heterocycles. The van der Waals surface area contributed by atoms with E-state index in [9.17, 15) is 14.4 Å². The summed E-state index contributed by atoms with van der Waals surface area (Å²) in [7, 11) is 0. The second-order valence-corrected chi connectivity index (χ2v) is 5.86. The van der Waals surface area contributed by atoms with E-state index in [1.807, 2.05) is 30.3 Å². The number of carbonyl (C=O) groups excluding carboxylic acids is 3. The largest absolute Gasteiger partial charge is 0.462 e. The van der Waals surface area contributed by atoms with Crippen LogP contribution in [0, 0.1) is 0 Å². The maximum atomic E-state index is 12.9. The van der Waals surface area contributed by atoms with Crippen molar-refractivity contribution < 1.29 is 19.1 Å². The van der Waals surface area contributed by atoms with Crippen LogP contribution < -0.4 is 0 Å². The van der Waals surface area contributed by atoms with Gasteiger partial charge in [-0.25, -0.2) is 4.79 Å². The van der Waals surface area contributed by atoms with Gasteiger partial charge in [-0.15, -0.1) is 0 Å². The molecule has 0 saturated carbocycles. The van der Waals surface area contributed by atoms with Gasteiger partial charge >= 0.3 is 5.97 Å². The normalized spacial score (nSPS) is 11.2. The summed E-state index contributed by atoms with van der Waals surface area (Å²) in [6.45, 7) is 1.76. The highest BCUT2D eigenvalue weighted by Gasteiger charge is 2.23. The number of esters is 1. The quantitative estimate of drug-likeness (QED) is 0.215. The van der Waals surface area contributed by atoms with Crippen molar-refractivity contribution in [3.63, 3.8) is 0 Å². The van der Waals surface area contributed by atoms with E-state index in [0.717, 1.165) is 16.8 Å². The Bertz CT molecular complexity index is 1030. The predicted octanol–water partition coefficient (Wildman–Crippen LogP) is 4.39. The fourth-order valence-electron chi connectivity index (χ4n) is 2.82. The van der Waals surface area contributed by atoms with Crippen molar-refractivity contribution >= 4 is 28.3 Å².